The lowest BCUT2D eigenvalue weighted by Gasteiger charge is -2.30. The van der Waals surface area contributed by atoms with Crippen molar-refractivity contribution >= 4 is 37.3 Å². The number of hydrogen-bond acceptors (Lipinski definition) is 6. The summed E-state index contributed by atoms with van der Waals surface area (Å²) >= 11 is 0. The summed E-state index contributed by atoms with van der Waals surface area (Å²) in [6, 6.07) is 13.0. The van der Waals surface area contributed by atoms with Gasteiger partial charge in [0.25, 0.3) is 0 Å². The molecule has 0 bridgehead atoms. The zero-order chi connectivity index (χ0) is 26.7. The zero-order valence-corrected chi connectivity index (χ0v) is 22.8. The van der Waals surface area contributed by atoms with Crippen LogP contribution in [0.1, 0.15) is 50.5 Å². The number of ether oxygens (including phenoxy) is 2. The zero-order valence-electron chi connectivity index (χ0n) is 22.0. The van der Waals surface area contributed by atoms with Crippen molar-refractivity contribution in [2.24, 2.45) is 0 Å². The molecule has 7 heteroatoms. The summed E-state index contributed by atoms with van der Waals surface area (Å²) in [6.45, 7) is 9.88. The van der Waals surface area contributed by atoms with Crippen LogP contribution in [0.15, 0.2) is 53.6 Å². The minimum absolute atomic E-state index is 0.106. The standard InChI is InChI=1S/C30H31NO5S/c1-17-15-20-16-21(37(6,33)34)7-8-22(20)27(25(17)29(18(2)32)36-30(3,4)5)23-9-10-24-26-19(12-14-35-24)11-13-31-28(23)26/h7-11,13,15-16,29H,12,14H2,1-6H3. The van der Waals surface area contributed by atoms with Crippen LogP contribution >= 0.6 is 0 Å². The molecule has 0 saturated heterocycles. The van der Waals surface area contributed by atoms with Gasteiger partial charge >= 0.3 is 0 Å². The molecule has 0 amide bonds. The minimum Gasteiger partial charge on any atom is -0.493 e. The second-order valence-corrected chi connectivity index (χ2v) is 12.8. The molecule has 0 fully saturated rings. The second kappa shape index (κ2) is 8.92. The van der Waals surface area contributed by atoms with Gasteiger partial charge in [-0.05, 0) is 98.0 Å². The van der Waals surface area contributed by atoms with Gasteiger partial charge in [0.1, 0.15) is 11.9 Å². The third-order valence-corrected chi connectivity index (χ3v) is 7.84. The number of carbonyl (C=O) groups excluding carboxylic acids is 1. The largest absolute Gasteiger partial charge is 0.493 e. The van der Waals surface area contributed by atoms with Crippen LogP contribution in [0.4, 0.5) is 0 Å². The van der Waals surface area contributed by atoms with E-state index < -0.39 is 21.5 Å². The number of rotatable bonds is 5. The van der Waals surface area contributed by atoms with E-state index in [2.05, 4.69) is 0 Å². The molecule has 37 heavy (non-hydrogen) atoms. The Morgan fingerprint density at radius 2 is 1.86 bits per heavy atom. The van der Waals surface area contributed by atoms with Gasteiger partial charge < -0.3 is 9.47 Å². The van der Waals surface area contributed by atoms with Gasteiger partial charge in [0.05, 0.1) is 22.6 Å². The first kappa shape index (κ1) is 25.4. The number of aromatic nitrogens is 1. The predicted molar refractivity (Wildman–Crippen MR) is 146 cm³/mol. The van der Waals surface area contributed by atoms with Crippen LogP contribution in [0.5, 0.6) is 5.75 Å². The van der Waals surface area contributed by atoms with E-state index in [1.165, 1.54) is 11.8 Å². The van der Waals surface area contributed by atoms with E-state index in [0.717, 1.165) is 56.1 Å². The number of sulfone groups is 1. The summed E-state index contributed by atoms with van der Waals surface area (Å²) in [6.07, 6.45) is 2.99. The normalized spacial score (nSPS) is 14.5. The number of Topliss-reactive ketones (excluding diaryl/α,β-unsaturated/α-hetero) is 1. The summed E-state index contributed by atoms with van der Waals surface area (Å²) in [5, 5.41) is 2.57. The van der Waals surface area contributed by atoms with Crippen LogP contribution in [0, 0.1) is 6.92 Å². The molecular formula is C30H31NO5S. The molecule has 3 aromatic carbocycles. The van der Waals surface area contributed by atoms with Gasteiger partial charge in [-0.15, -0.1) is 0 Å². The third kappa shape index (κ3) is 4.62. The Labute approximate surface area is 217 Å². The second-order valence-electron chi connectivity index (χ2n) is 10.8. The fraction of sp³-hybridized carbons (Fsp3) is 0.333. The number of fused-ring (bicyclic) bond motifs is 1. The third-order valence-electron chi connectivity index (χ3n) is 6.73. The van der Waals surface area contributed by atoms with Crippen LogP contribution in [-0.4, -0.2) is 37.6 Å². The summed E-state index contributed by atoms with van der Waals surface area (Å²) < 4.78 is 37.0. The van der Waals surface area contributed by atoms with Crippen molar-refractivity contribution in [3.05, 3.63) is 65.4 Å². The summed E-state index contributed by atoms with van der Waals surface area (Å²) in [7, 11) is -3.40. The molecule has 1 unspecified atom stereocenters. The van der Waals surface area contributed by atoms with Crippen LogP contribution in [-0.2, 0) is 25.8 Å². The molecule has 0 spiro atoms. The van der Waals surface area contributed by atoms with Gasteiger partial charge in [-0.25, -0.2) is 8.42 Å². The molecule has 192 valence electrons. The van der Waals surface area contributed by atoms with Crippen molar-refractivity contribution in [1.29, 1.82) is 0 Å². The quantitative estimate of drug-likeness (QED) is 0.316. The molecule has 0 radical (unpaired) electrons. The van der Waals surface area contributed by atoms with E-state index in [0.29, 0.717) is 6.61 Å². The van der Waals surface area contributed by atoms with Crippen LogP contribution in [0.3, 0.4) is 0 Å². The van der Waals surface area contributed by atoms with E-state index in [9.17, 15) is 13.2 Å². The van der Waals surface area contributed by atoms with E-state index in [1.54, 1.807) is 19.1 Å². The maximum absolute atomic E-state index is 13.1. The number of carbonyl (C=O) groups is 1. The van der Waals surface area contributed by atoms with E-state index >= 15 is 0 Å². The van der Waals surface area contributed by atoms with Crippen molar-refractivity contribution in [2.75, 3.05) is 12.9 Å². The lowest BCUT2D eigenvalue weighted by molar-refractivity contribution is -0.138. The Kier molecular flexibility index (Phi) is 6.12. The number of aryl methyl sites for hydroxylation is 1. The Bertz CT molecular complexity index is 1670. The van der Waals surface area contributed by atoms with Crippen molar-refractivity contribution in [3.63, 3.8) is 0 Å². The Morgan fingerprint density at radius 1 is 1.11 bits per heavy atom. The molecule has 1 aromatic heterocycles. The summed E-state index contributed by atoms with van der Waals surface area (Å²) in [5.74, 6) is 0.686. The molecular weight excluding hydrogens is 486 g/mol. The predicted octanol–water partition coefficient (Wildman–Crippen LogP) is 6.15. The van der Waals surface area contributed by atoms with Gasteiger partial charge in [-0.2, -0.15) is 0 Å². The SMILES string of the molecule is CC(=O)C(OC(C)(C)C)c1c(C)cc2cc(S(C)(=O)=O)ccc2c1-c1ccc2c3c(ccnc13)CCO2. The highest BCUT2D eigenvalue weighted by Crippen LogP contribution is 2.45. The number of pyridine rings is 1. The van der Waals surface area contributed by atoms with Crippen LogP contribution in [0.2, 0.25) is 0 Å². The van der Waals surface area contributed by atoms with Crippen molar-refractivity contribution in [1.82, 2.24) is 4.98 Å². The van der Waals surface area contributed by atoms with Gasteiger partial charge in [0, 0.05) is 29.8 Å². The number of hydrogen-bond donors (Lipinski definition) is 0. The summed E-state index contributed by atoms with van der Waals surface area (Å²) in [4.78, 5) is 18.1. The van der Waals surface area contributed by atoms with E-state index in [-0.39, 0.29) is 10.7 Å². The molecule has 2 heterocycles. The molecule has 0 N–H and O–H groups in total. The number of nitrogens with zero attached hydrogens (tertiary/aromatic N) is 1. The maximum Gasteiger partial charge on any atom is 0.175 e. The average Bonchev–Trinajstić information content (AvgIpc) is 2.81. The molecule has 5 rings (SSSR count). The topological polar surface area (TPSA) is 82.6 Å². The molecule has 1 aliphatic rings. The average molecular weight is 518 g/mol. The molecule has 1 aliphatic heterocycles. The lowest BCUT2D eigenvalue weighted by atomic mass is 9.85. The van der Waals surface area contributed by atoms with Crippen LogP contribution < -0.4 is 4.74 Å². The Hall–Kier alpha value is -3.29. The lowest BCUT2D eigenvalue weighted by Crippen LogP contribution is -2.27. The van der Waals surface area contributed by atoms with Crippen LogP contribution in [0.25, 0.3) is 32.8 Å². The first-order valence-electron chi connectivity index (χ1n) is 12.3. The van der Waals surface area contributed by atoms with Crippen molar-refractivity contribution < 1.29 is 22.7 Å². The monoisotopic (exact) mass is 517 g/mol. The Balaban J connectivity index is 1.93. The highest BCUT2D eigenvalue weighted by atomic mass is 32.2. The van der Waals surface area contributed by atoms with Gasteiger partial charge in [-0.1, -0.05) is 12.1 Å². The van der Waals surface area contributed by atoms with E-state index in [4.69, 9.17) is 14.5 Å². The van der Waals surface area contributed by atoms with Gasteiger partial charge in [0.2, 0.25) is 0 Å². The summed E-state index contributed by atoms with van der Waals surface area (Å²) in [5.41, 5.74) is 4.66. The van der Waals surface area contributed by atoms with Crippen molar-refractivity contribution in [3.8, 4) is 16.9 Å². The van der Waals surface area contributed by atoms with E-state index in [1.807, 2.05) is 64.2 Å². The van der Waals surface area contributed by atoms with Gasteiger partial charge in [0.15, 0.2) is 15.6 Å². The molecule has 0 saturated carbocycles. The molecule has 0 aliphatic carbocycles. The smallest absolute Gasteiger partial charge is 0.175 e. The first-order chi connectivity index (χ1) is 17.3. The Morgan fingerprint density at radius 3 is 2.54 bits per heavy atom. The van der Waals surface area contributed by atoms with Crippen molar-refractivity contribution in [2.45, 2.75) is 57.6 Å². The molecule has 1 atom stereocenters. The molecule has 4 aromatic rings. The molecule has 6 nitrogen and oxygen atoms in total. The fourth-order valence-electron chi connectivity index (χ4n) is 5.20. The number of benzene rings is 3. The number of ketones is 1. The highest BCUT2D eigenvalue weighted by Gasteiger charge is 2.31. The van der Waals surface area contributed by atoms with Gasteiger partial charge in [-0.3, -0.25) is 9.78 Å². The maximum atomic E-state index is 13.1. The first-order valence-corrected chi connectivity index (χ1v) is 14.2. The highest BCUT2D eigenvalue weighted by molar-refractivity contribution is 7.90. The fourth-order valence-corrected chi connectivity index (χ4v) is 5.86. The minimum atomic E-state index is -3.40.